The second-order valence-corrected chi connectivity index (χ2v) is 6.20. The van der Waals surface area contributed by atoms with Crippen LogP contribution >= 0.6 is 0 Å². The Hall–Kier alpha value is -1.12. The Morgan fingerprint density at radius 3 is 2.61 bits per heavy atom. The molecule has 3 fully saturated rings. The number of methoxy groups -OCH3 is 1. The standard InChI is InChI=1S/C15H22O3/c1-8(2)11-7-15(4)9(3)13(16)10(11)6-12(15)14(17)18-5/h9-12H,1,6-7H2,2-5H3/t9-,10+,11+,12+,15-/m0/s1. The van der Waals surface area contributed by atoms with Gasteiger partial charge in [0, 0.05) is 11.8 Å². The van der Waals surface area contributed by atoms with Gasteiger partial charge in [-0.15, -0.1) is 0 Å². The van der Waals surface area contributed by atoms with Gasteiger partial charge in [0.15, 0.2) is 0 Å². The van der Waals surface area contributed by atoms with Crippen LogP contribution in [0.4, 0.5) is 0 Å². The molecule has 3 saturated carbocycles. The first-order valence-electron chi connectivity index (χ1n) is 6.60. The molecule has 3 nitrogen and oxygen atoms in total. The van der Waals surface area contributed by atoms with E-state index in [1.54, 1.807) is 0 Å². The zero-order chi connectivity index (χ0) is 13.7. The maximum absolute atomic E-state index is 12.4. The Balaban J connectivity index is 2.39. The summed E-state index contributed by atoms with van der Waals surface area (Å²) in [5.41, 5.74) is 0.789. The average Bonchev–Trinajstić information content (AvgIpc) is 2.33. The molecule has 18 heavy (non-hydrogen) atoms. The minimum Gasteiger partial charge on any atom is -0.469 e. The highest BCUT2D eigenvalue weighted by atomic mass is 16.5. The van der Waals surface area contributed by atoms with Crippen LogP contribution in [0.5, 0.6) is 0 Å². The molecule has 0 aromatic rings. The lowest BCUT2D eigenvalue weighted by atomic mass is 9.47. The van der Waals surface area contributed by atoms with Crippen LogP contribution in [0, 0.1) is 29.1 Å². The van der Waals surface area contributed by atoms with E-state index in [4.69, 9.17) is 4.74 Å². The summed E-state index contributed by atoms with van der Waals surface area (Å²) in [5, 5.41) is 0. The van der Waals surface area contributed by atoms with Gasteiger partial charge in [-0.3, -0.25) is 9.59 Å². The molecule has 0 aromatic heterocycles. The molecule has 3 aliphatic carbocycles. The van der Waals surface area contributed by atoms with E-state index in [0.29, 0.717) is 12.2 Å². The highest BCUT2D eigenvalue weighted by Gasteiger charge is 2.59. The zero-order valence-electron chi connectivity index (χ0n) is 11.7. The number of esters is 1. The van der Waals surface area contributed by atoms with Crippen LogP contribution in [0.3, 0.4) is 0 Å². The largest absolute Gasteiger partial charge is 0.469 e. The molecule has 0 radical (unpaired) electrons. The molecule has 0 aromatic carbocycles. The third kappa shape index (κ3) is 1.63. The normalized spacial score (nSPS) is 42.8. The van der Waals surface area contributed by atoms with Gasteiger partial charge >= 0.3 is 5.97 Å². The summed E-state index contributed by atoms with van der Waals surface area (Å²) in [7, 11) is 1.43. The van der Waals surface area contributed by atoms with Crippen molar-refractivity contribution >= 4 is 11.8 Å². The van der Waals surface area contributed by atoms with Gasteiger partial charge in [-0.2, -0.15) is 0 Å². The quantitative estimate of drug-likeness (QED) is 0.559. The van der Waals surface area contributed by atoms with E-state index in [1.165, 1.54) is 7.11 Å². The molecule has 2 bridgehead atoms. The summed E-state index contributed by atoms with van der Waals surface area (Å²) in [5.74, 6) is 0.133. The third-order valence-corrected chi connectivity index (χ3v) is 5.33. The number of allylic oxidation sites excluding steroid dienone is 1. The number of fused-ring (bicyclic) bond motifs is 3. The Morgan fingerprint density at radius 2 is 2.11 bits per heavy atom. The van der Waals surface area contributed by atoms with Gasteiger partial charge in [-0.1, -0.05) is 26.0 Å². The molecule has 0 unspecified atom stereocenters. The van der Waals surface area contributed by atoms with Crippen molar-refractivity contribution in [1.82, 2.24) is 0 Å². The van der Waals surface area contributed by atoms with E-state index in [2.05, 4.69) is 13.5 Å². The Kier molecular flexibility index (Phi) is 3.12. The van der Waals surface area contributed by atoms with E-state index in [-0.39, 0.29) is 35.1 Å². The lowest BCUT2D eigenvalue weighted by molar-refractivity contribution is -0.169. The number of carbonyl (C=O) groups excluding carboxylic acids is 2. The topological polar surface area (TPSA) is 43.4 Å². The molecule has 0 saturated heterocycles. The summed E-state index contributed by atoms with van der Waals surface area (Å²) < 4.78 is 4.91. The molecule has 3 rings (SSSR count). The van der Waals surface area contributed by atoms with Crippen LogP contribution in [0.2, 0.25) is 0 Å². The number of ketones is 1. The van der Waals surface area contributed by atoms with Gasteiger partial charge in [0.1, 0.15) is 5.78 Å². The fourth-order valence-corrected chi connectivity index (χ4v) is 3.91. The van der Waals surface area contributed by atoms with Gasteiger partial charge in [0.05, 0.1) is 13.0 Å². The van der Waals surface area contributed by atoms with E-state index in [9.17, 15) is 9.59 Å². The lowest BCUT2D eigenvalue weighted by Crippen LogP contribution is -2.57. The van der Waals surface area contributed by atoms with Crippen molar-refractivity contribution in [2.45, 2.75) is 33.6 Å². The zero-order valence-corrected chi connectivity index (χ0v) is 11.7. The number of carbonyl (C=O) groups is 2. The Labute approximate surface area is 109 Å². The summed E-state index contributed by atoms with van der Waals surface area (Å²) in [4.78, 5) is 24.3. The predicted octanol–water partition coefficient (Wildman–Crippen LogP) is 2.60. The summed E-state index contributed by atoms with van der Waals surface area (Å²) in [6.45, 7) is 10.0. The van der Waals surface area contributed by atoms with Crippen molar-refractivity contribution in [2.24, 2.45) is 29.1 Å². The van der Waals surface area contributed by atoms with Gasteiger partial charge in [-0.05, 0) is 31.1 Å². The van der Waals surface area contributed by atoms with Crippen molar-refractivity contribution in [3.8, 4) is 0 Å². The molecular formula is C15H22O3. The molecule has 0 N–H and O–H groups in total. The second-order valence-electron chi connectivity index (χ2n) is 6.20. The molecule has 3 aliphatic rings. The fraction of sp³-hybridized carbons (Fsp3) is 0.733. The lowest BCUT2D eigenvalue weighted by Gasteiger charge is -2.55. The summed E-state index contributed by atoms with van der Waals surface area (Å²) in [6.07, 6.45) is 1.50. The van der Waals surface area contributed by atoms with Crippen molar-refractivity contribution in [2.75, 3.05) is 7.11 Å². The van der Waals surface area contributed by atoms with Gasteiger partial charge in [0.25, 0.3) is 0 Å². The van der Waals surface area contributed by atoms with Crippen molar-refractivity contribution in [1.29, 1.82) is 0 Å². The molecule has 100 valence electrons. The molecule has 3 heteroatoms. The van der Waals surface area contributed by atoms with E-state index < -0.39 is 0 Å². The second kappa shape index (κ2) is 4.22. The molecule has 0 amide bonds. The van der Waals surface area contributed by atoms with E-state index in [1.807, 2.05) is 13.8 Å². The van der Waals surface area contributed by atoms with Crippen molar-refractivity contribution in [3.63, 3.8) is 0 Å². The van der Waals surface area contributed by atoms with Gasteiger partial charge in [0.2, 0.25) is 0 Å². The van der Waals surface area contributed by atoms with Gasteiger partial charge < -0.3 is 4.74 Å². The molecule has 5 atom stereocenters. The number of Topliss-reactive ketones (excluding diaryl/α,β-unsaturated/α-hetero) is 1. The van der Waals surface area contributed by atoms with Gasteiger partial charge in [-0.25, -0.2) is 0 Å². The smallest absolute Gasteiger partial charge is 0.309 e. The van der Waals surface area contributed by atoms with E-state index >= 15 is 0 Å². The summed E-state index contributed by atoms with van der Waals surface area (Å²) in [6, 6.07) is 0. The van der Waals surface area contributed by atoms with Crippen LogP contribution in [-0.2, 0) is 14.3 Å². The first kappa shape index (κ1) is 13.3. The van der Waals surface area contributed by atoms with Crippen LogP contribution in [0.25, 0.3) is 0 Å². The van der Waals surface area contributed by atoms with E-state index in [0.717, 1.165) is 12.0 Å². The van der Waals surface area contributed by atoms with Crippen LogP contribution in [-0.4, -0.2) is 18.9 Å². The van der Waals surface area contributed by atoms with Crippen LogP contribution in [0.1, 0.15) is 33.6 Å². The number of hydrogen-bond donors (Lipinski definition) is 0. The molecular weight excluding hydrogens is 228 g/mol. The average molecular weight is 250 g/mol. The monoisotopic (exact) mass is 250 g/mol. The molecule has 0 aliphatic heterocycles. The minimum absolute atomic E-state index is 0.0385. The number of ether oxygens (including phenoxy) is 1. The Bertz CT molecular complexity index is 412. The minimum atomic E-state index is -0.275. The number of rotatable bonds is 2. The number of hydrogen-bond acceptors (Lipinski definition) is 3. The van der Waals surface area contributed by atoms with Crippen LogP contribution in [0.15, 0.2) is 12.2 Å². The van der Waals surface area contributed by atoms with Crippen molar-refractivity contribution < 1.29 is 14.3 Å². The molecule has 0 spiro atoms. The highest BCUT2D eigenvalue weighted by molar-refractivity contribution is 5.89. The van der Waals surface area contributed by atoms with Crippen molar-refractivity contribution in [3.05, 3.63) is 12.2 Å². The predicted molar refractivity (Wildman–Crippen MR) is 68.8 cm³/mol. The summed E-state index contributed by atoms with van der Waals surface area (Å²) >= 11 is 0. The Morgan fingerprint density at radius 1 is 1.50 bits per heavy atom. The van der Waals surface area contributed by atoms with Crippen LogP contribution < -0.4 is 0 Å². The first-order valence-corrected chi connectivity index (χ1v) is 6.60. The maximum Gasteiger partial charge on any atom is 0.309 e. The maximum atomic E-state index is 12.4. The molecule has 0 heterocycles. The first-order chi connectivity index (χ1) is 8.32. The highest BCUT2D eigenvalue weighted by Crippen LogP contribution is 2.58. The fourth-order valence-electron chi connectivity index (χ4n) is 3.91. The third-order valence-electron chi connectivity index (χ3n) is 5.33. The SMILES string of the molecule is C=C(C)[C@H]1C[C@]2(C)[C@@H](C(=O)OC)C[C@H]1C(=O)[C@@H]2C.